The predicted octanol–water partition coefficient (Wildman–Crippen LogP) is 1.68. The van der Waals surface area contributed by atoms with Gasteiger partial charge in [-0.1, -0.05) is 23.4 Å². The van der Waals surface area contributed by atoms with Gasteiger partial charge < -0.3 is 10.2 Å². The van der Waals surface area contributed by atoms with Gasteiger partial charge in [0, 0.05) is 24.7 Å². The standard InChI is InChI=1S/C17H17N5O2/c1-24-19-12-13-5-7-14(8-6-13)17(23)18-10-9-16-21-20-15-4-2-3-11-22(15)16/h2-8,11-12H,9-10H2,1H3,(H,18,23)/b19-12+. The molecule has 0 saturated heterocycles. The van der Waals surface area contributed by atoms with Crippen LogP contribution in [0.5, 0.6) is 0 Å². The summed E-state index contributed by atoms with van der Waals surface area (Å²) in [5.41, 5.74) is 2.26. The normalized spacial score (nSPS) is 11.0. The van der Waals surface area contributed by atoms with Gasteiger partial charge in [0.25, 0.3) is 5.91 Å². The Morgan fingerprint density at radius 2 is 2.08 bits per heavy atom. The van der Waals surface area contributed by atoms with Gasteiger partial charge in [-0.2, -0.15) is 0 Å². The molecule has 0 atom stereocenters. The largest absolute Gasteiger partial charge is 0.399 e. The molecule has 0 radical (unpaired) electrons. The molecular formula is C17H17N5O2. The van der Waals surface area contributed by atoms with Gasteiger partial charge in [0.05, 0.1) is 6.21 Å². The zero-order chi connectivity index (χ0) is 16.8. The van der Waals surface area contributed by atoms with Gasteiger partial charge >= 0.3 is 0 Å². The van der Waals surface area contributed by atoms with Crippen LogP contribution in [0.4, 0.5) is 0 Å². The summed E-state index contributed by atoms with van der Waals surface area (Å²) in [7, 11) is 1.48. The highest BCUT2D eigenvalue weighted by Crippen LogP contribution is 2.05. The first-order valence-electron chi connectivity index (χ1n) is 7.51. The maximum absolute atomic E-state index is 12.1. The van der Waals surface area contributed by atoms with E-state index in [1.165, 1.54) is 7.11 Å². The van der Waals surface area contributed by atoms with Crippen molar-refractivity contribution < 1.29 is 9.63 Å². The Bertz CT molecular complexity index is 855. The third-order valence-corrected chi connectivity index (χ3v) is 3.50. The van der Waals surface area contributed by atoms with Gasteiger partial charge in [0.2, 0.25) is 0 Å². The maximum atomic E-state index is 12.1. The lowest BCUT2D eigenvalue weighted by atomic mass is 10.1. The molecule has 7 heteroatoms. The molecule has 7 nitrogen and oxygen atoms in total. The Labute approximate surface area is 139 Å². The minimum atomic E-state index is -0.126. The highest BCUT2D eigenvalue weighted by atomic mass is 16.6. The van der Waals surface area contributed by atoms with Gasteiger partial charge in [0.15, 0.2) is 5.65 Å². The highest BCUT2D eigenvalue weighted by molar-refractivity contribution is 5.95. The Morgan fingerprint density at radius 3 is 2.88 bits per heavy atom. The number of aromatic nitrogens is 3. The number of pyridine rings is 1. The molecule has 1 amide bonds. The van der Waals surface area contributed by atoms with Crippen LogP contribution in [0.25, 0.3) is 5.65 Å². The summed E-state index contributed by atoms with van der Waals surface area (Å²) in [5, 5.41) is 14.8. The fourth-order valence-corrected chi connectivity index (χ4v) is 2.29. The van der Waals surface area contributed by atoms with Crippen LogP contribution in [-0.2, 0) is 11.3 Å². The number of hydrogen-bond donors (Lipinski definition) is 1. The molecular weight excluding hydrogens is 306 g/mol. The van der Waals surface area contributed by atoms with Crippen molar-refractivity contribution in [1.82, 2.24) is 19.9 Å². The van der Waals surface area contributed by atoms with E-state index >= 15 is 0 Å². The molecule has 0 aliphatic heterocycles. The van der Waals surface area contributed by atoms with Crippen molar-refractivity contribution in [2.24, 2.45) is 5.16 Å². The van der Waals surface area contributed by atoms with Crippen molar-refractivity contribution in [3.63, 3.8) is 0 Å². The lowest BCUT2D eigenvalue weighted by Gasteiger charge is -2.05. The Balaban J connectivity index is 1.56. The Kier molecular flexibility index (Phi) is 4.81. The fourth-order valence-electron chi connectivity index (χ4n) is 2.29. The van der Waals surface area contributed by atoms with Gasteiger partial charge in [-0.05, 0) is 29.8 Å². The fraction of sp³-hybridized carbons (Fsp3) is 0.176. The highest BCUT2D eigenvalue weighted by Gasteiger charge is 2.07. The minimum absolute atomic E-state index is 0.126. The summed E-state index contributed by atoms with van der Waals surface area (Å²) >= 11 is 0. The van der Waals surface area contributed by atoms with E-state index in [9.17, 15) is 4.79 Å². The van der Waals surface area contributed by atoms with Crippen molar-refractivity contribution in [3.05, 3.63) is 65.6 Å². The number of amides is 1. The van der Waals surface area contributed by atoms with Crippen LogP contribution in [0.1, 0.15) is 21.7 Å². The van der Waals surface area contributed by atoms with E-state index < -0.39 is 0 Å². The van der Waals surface area contributed by atoms with E-state index in [2.05, 4.69) is 25.5 Å². The molecule has 0 spiro atoms. The molecule has 3 aromatic rings. The van der Waals surface area contributed by atoms with Crippen LogP contribution in [-0.4, -0.2) is 40.4 Å². The van der Waals surface area contributed by atoms with Gasteiger partial charge in [-0.3, -0.25) is 9.20 Å². The summed E-state index contributed by atoms with van der Waals surface area (Å²) in [5.74, 6) is 0.691. The lowest BCUT2D eigenvalue weighted by molar-refractivity contribution is 0.0954. The van der Waals surface area contributed by atoms with E-state index in [0.717, 1.165) is 17.0 Å². The van der Waals surface area contributed by atoms with Crippen LogP contribution in [0.15, 0.2) is 53.8 Å². The molecule has 1 N–H and O–H groups in total. The smallest absolute Gasteiger partial charge is 0.251 e. The molecule has 0 bridgehead atoms. The lowest BCUT2D eigenvalue weighted by Crippen LogP contribution is -2.26. The molecule has 2 heterocycles. The van der Waals surface area contributed by atoms with Gasteiger partial charge in [-0.25, -0.2) is 0 Å². The second-order valence-electron chi connectivity index (χ2n) is 5.09. The minimum Gasteiger partial charge on any atom is -0.399 e. The molecule has 0 fully saturated rings. The topological polar surface area (TPSA) is 80.9 Å². The zero-order valence-electron chi connectivity index (χ0n) is 13.2. The first-order valence-corrected chi connectivity index (χ1v) is 7.51. The van der Waals surface area contributed by atoms with Crippen LogP contribution < -0.4 is 5.32 Å². The quantitative estimate of drug-likeness (QED) is 0.553. The van der Waals surface area contributed by atoms with Crippen LogP contribution >= 0.6 is 0 Å². The van der Waals surface area contributed by atoms with Crippen molar-refractivity contribution in [1.29, 1.82) is 0 Å². The first-order chi connectivity index (χ1) is 11.8. The van der Waals surface area contributed by atoms with Crippen LogP contribution in [0.3, 0.4) is 0 Å². The van der Waals surface area contributed by atoms with E-state index in [-0.39, 0.29) is 5.91 Å². The average molecular weight is 323 g/mol. The van der Waals surface area contributed by atoms with E-state index in [1.54, 1.807) is 18.3 Å². The zero-order valence-corrected chi connectivity index (χ0v) is 13.2. The summed E-state index contributed by atoms with van der Waals surface area (Å²) in [6.45, 7) is 0.488. The molecule has 3 rings (SSSR count). The molecule has 0 aliphatic carbocycles. The number of carbonyl (C=O) groups excluding carboxylic acids is 1. The second-order valence-corrected chi connectivity index (χ2v) is 5.09. The summed E-state index contributed by atoms with van der Waals surface area (Å²) in [6.07, 6.45) is 4.10. The van der Waals surface area contributed by atoms with Crippen molar-refractivity contribution in [2.75, 3.05) is 13.7 Å². The van der Waals surface area contributed by atoms with Crippen LogP contribution in [0, 0.1) is 0 Å². The monoisotopic (exact) mass is 323 g/mol. The van der Waals surface area contributed by atoms with Crippen molar-refractivity contribution in [2.45, 2.75) is 6.42 Å². The molecule has 0 unspecified atom stereocenters. The number of rotatable bonds is 6. The first kappa shape index (κ1) is 15.7. The maximum Gasteiger partial charge on any atom is 0.251 e. The molecule has 2 aromatic heterocycles. The summed E-state index contributed by atoms with van der Waals surface area (Å²) in [6, 6.07) is 12.8. The number of carbonyl (C=O) groups is 1. The molecule has 24 heavy (non-hydrogen) atoms. The number of nitrogens with zero attached hydrogens (tertiary/aromatic N) is 4. The molecule has 122 valence electrons. The molecule has 0 saturated carbocycles. The summed E-state index contributed by atoms with van der Waals surface area (Å²) < 4.78 is 1.91. The Hall–Kier alpha value is -3.22. The molecule has 1 aromatic carbocycles. The average Bonchev–Trinajstić information content (AvgIpc) is 3.03. The van der Waals surface area contributed by atoms with E-state index in [4.69, 9.17) is 0 Å². The summed E-state index contributed by atoms with van der Waals surface area (Å²) in [4.78, 5) is 16.8. The number of fused-ring (bicyclic) bond motifs is 1. The molecule has 0 aliphatic rings. The number of oxime groups is 1. The van der Waals surface area contributed by atoms with E-state index in [0.29, 0.717) is 18.5 Å². The second kappa shape index (κ2) is 7.36. The van der Waals surface area contributed by atoms with Crippen LogP contribution in [0.2, 0.25) is 0 Å². The third kappa shape index (κ3) is 3.57. The predicted molar refractivity (Wildman–Crippen MR) is 90.1 cm³/mol. The van der Waals surface area contributed by atoms with E-state index in [1.807, 2.05) is 40.9 Å². The third-order valence-electron chi connectivity index (χ3n) is 3.50. The SMILES string of the molecule is CO/N=C/c1ccc(C(=O)NCCc2nnc3ccccn23)cc1. The number of hydrogen-bond acceptors (Lipinski definition) is 5. The number of nitrogens with one attached hydrogen (secondary N) is 1. The van der Waals surface area contributed by atoms with Crippen molar-refractivity contribution in [3.8, 4) is 0 Å². The Morgan fingerprint density at radius 1 is 1.25 bits per heavy atom. The van der Waals surface area contributed by atoms with Gasteiger partial charge in [-0.15, -0.1) is 10.2 Å². The number of benzene rings is 1. The van der Waals surface area contributed by atoms with Gasteiger partial charge in [0.1, 0.15) is 12.9 Å². The van der Waals surface area contributed by atoms with Crippen molar-refractivity contribution >= 4 is 17.8 Å².